The molecule has 1 saturated heterocycles. The van der Waals surface area contributed by atoms with Gasteiger partial charge in [-0.25, -0.2) is 0 Å². The Labute approximate surface area is 129 Å². The van der Waals surface area contributed by atoms with Crippen molar-refractivity contribution in [3.63, 3.8) is 0 Å². The largest absolute Gasteiger partial charge is 0.325 e. The normalized spacial score (nSPS) is 18.8. The second-order valence-electron chi connectivity index (χ2n) is 5.76. The van der Waals surface area contributed by atoms with Crippen molar-refractivity contribution in [2.24, 2.45) is 5.92 Å². The van der Waals surface area contributed by atoms with Crippen molar-refractivity contribution in [2.75, 3.05) is 18.4 Å². The predicted molar refractivity (Wildman–Crippen MR) is 87.1 cm³/mol. The standard InChI is InChI=1S/C16H23BrN2O/c1-12-7-9-19(10-8-12)11-14-3-5-15(6-4-14)18-16(20)13(2)17/h3-6,12-13H,7-11H2,1-2H3,(H,18,20). The lowest BCUT2D eigenvalue weighted by Gasteiger charge is -2.30. The summed E-state index contributed by atoms with van der Waals surface area (Å²) >= 11 is 3.26. The van der Waals surface area contributed by atoms with E-state index in [0.29, 0.717) is 0 Å². The number of alkyl halides is 1. The van der Waals surface area contributed by atoms with E-state index in [0.717, 1.165) is 18.2 Å². The van der Waals surface area contributed by atoms with Gasteiger partial charge < -0.3 is 5.32 Å². The summed E-state index contributed by atoms with van der Waals surface area (Å²) in [4.78, 5) is 13.9. The Hall–Kier alpha value is -0.870. The number of rotatable bonds is 4. The van der Waals surface area contributed by atoms with E-state index >= 15 is 0 Å². The van der Waals surface area contributed by atoms with Crippen LogP contribution in [0.3, 0.4) is 0 Å². The third-order valence-electron chi connectivity index (χ3n) is 3.87. The van der Waals surface area contributed by atoms with Gasteiger partial charge in [0.2, 0.25) is 5.91 Å². The van der Waals surface area contributed by atoms with Gasteiger partial charge in [0.1, 0.15) is 0 Å². The Kier molecular flexibility index (Phi) is 5.61. The van der Waals surface area contributed by atoms with Crippen molar-refractivity contribution >= 4 is 27.5 Å². The van der Waals surface area contributed by atoms with Crippen LogP contribution < -0.4 is 5.32 Å². The zero-order valence-corrected chi connectivity index (χ0v) is 13.8. The number of carbonyl (C=O) groups excluding carboxylic acids is 1. The van der Waals surface area contributed by atoms with Gasteiger partial charge in [-0.15, -0.1) is 0 Å². The average molecular weight is 339 g/mol. The van der Waals surface area contributed by atoms with Crippen molar-refractivity contribution in [1.82, 2.24) is 4.90 Å². The number of hydrogen-bond acceptors (Lipinski definition) is 2. The number of nitrogens with one attached hydrogen (secondary N) is 1. The highest BCUT2D eigenvalue weighted by Crippen LogP contribution is 2.19. The Morgan fingerprint density at radius 1 is 1.35 bits per heavy atom. The highest BCUT2D eigenvalue weighted by Gasteiger charge is 2.15. The molecule has 20 heavy (non-hydrogen) atoms. The Balaban J connectivity index is 1.87. The summed E-state index contributed by atoms with van der Waals surface area (Å²) in [6.45, 7) is 7.55. The monoisotopic (exact) mass is 338 g/mol. The Bertz CT molecular complexity index is 436. The van der Waals surface area contributed by atoms with Crippen molar-refractivity contribution in [2.45, 2.75) is 38.1 Å². The van der Waals surface area contributed by atoms with Crippen LogP contribution in [0, 0.1) is 5.92 Å². The van der Waals surface area contributed by atoms with Gasteiger partial charge in [-0.05, 0) is 56.5 Å². The summed E-state index contributed by atoms with van der Waals surface area (Å²) in [5, 5.41) is 2.88. The van der Waals surface area contributed by atoms with E-state index in [1.165, 1.54) is 31.5 Å². The summed E-state index contributed by atoms with van der Waals surface area (Å²) < 4.78 is 0. The molecule has 3 nitrogen and oxygen atoms in total. The number of piperidine rings is 1. The summed E-state index contributed by atoms with van der Waals surface area (Å²) in [6.07, 6.45) is 2.61. The quantitative estimate of drug-likeness (QED) is 0.850. The third kappa shape index (κ3) is 4.60. The zero-order chi connectivity index (χ0) is 14.5. The fourth-order valence-corrected chi connectivity index (χ4v) is 2.53. The van der Waals surface area contributed by atoms with Gasteiger partial charge in [0.05, 0.1) is 4.83 Å². The molecule has 0 radical (unpaired) electrons. The minimum absolute atomic E-state index is 0.0113. The van der Waals surface area contributed by atoms with Crippen molar-refractivity contribution in [3.05, 3.63) is 29.8 Å². The van der Waals surface area contributed by atoms with Crippen LogP contribution in [-0.2, 0) is 11.3 Å². The number of hydrogen-bond donors (Lipinski definition) is 1. The number of carbonyl (C=O) groups is 1. The van der Waals surface area contributed by atoms with Crippen LogP contribution in [0.5, 0.6) is 0 Å². The first kappa shape index (κ1) is 15.5. The Morgan fingerprint density at radius 2 is 1.95 bits per heavy atom. The SMILES string of the molecule is CC1CCN(Cc2ccc(NC(=O)C(C)Br)cc2)CC1. The van der Waals surface area contributed by atoms with Crippen LogP contribution in [0.1, 0.15) is 32.3 Å². The van der Waals surface area contributed by atoms with E-state index in [1.54, 1.807) is 0 Å². The lowest BCUT2D eigenvalue weighted by atomic mass is 9.99. The molecule has 1 amide bonds. The molecule has 0 aliphatic carbocycles. The van der Waals surface area contributed by atoms with Crippen molar-refractivity contribution < 1.29 is 4.79 Å². The van der Waals surface area contributed by atoms with Gasteiger partial charge in [0, 0.05) is 12.2 Å². The molecule has 1 aromatic carbocycles. The molecule has 2 rings (SSSR count). The molecule has 0 saturated carbocycles. The van der Waals surface area contributed by atoms with E-state index in [2.05, 4.69) is 45.2 Å². The van der Waals surface area contributed by atoms with Crippen LogP contribution in [-0.4, -0.2) is 28.7 Å². The maximum absolute atomic E-state index is 11.6. The second-order valence-corrected chi connectivity index (χ2v) is 7.13. The van der Waals surface area contributed by atoms with Crippen LogP contribution in [0.15, 0.2) is 24.3 Å². The smallest absolute Gasteiger partial charge is 0.237 e. The highest BCUT2D eigenvalue weighted by molar-refractivity contribution is 9.10. The van der Waals surface area contributed by atoms with Gasteiger partial charge in [0.25, 0.3) is 0 Å². The minimum atomic E-state index is -0.169. The molecular formula is C16H23BrN2O. The summed E-state index contributed by atoms with van der Waals surface area (Å²) in [5.74, 6) is 0.859. The topological polar surface area (TPSA) is 32.3 Å². The molecular weight excluding hydrogens is 316 g/mol. The molecule has 0 bridgehead atoms. The number of anilines is 1. The first-order valence-electron chi connectivity index (χ1n) is 7.31. The lowest BCUT2D eigenvalue weighted by Crippen LogP contribution is -2.32. The van der Waals surface area contributed by atoms with E-state index in [4.69, 9.17) is 0 Å². The average Bonchev–Trinajstić information content (AvgIpc) is 2.43. The van der Waals surface area contributed by atoms with E-state index in [-0.39, 0.29) is 10.7 Å². The highest BCUT2D eigenvalue weighted by atomic mass is 79.9. The fourth-order valence-electron chi connectivity index (χ4n) is 2.41. The van der Waals surface area contributed by atoms with Gasteiger partial charge >= 0.3 is 0 Å². The summed E-state index contributed by atoms with van der Waals surface area (Å²) in [5.41, 5.74) is 2.17. The molecule has 1 fully saturated rings. The van der Waals surface area contributed by atoms with E-state index < -0.39 is 0 Å². The van der Waals surface area contributed by atoms with Crippen molar-refractivity contribution in [3.8, 4) is 0 Å². The van der Waals surface area contributed by atoms with E-state index in [9.17, 15) is 4.79 Å². The number of halogens is 1. The predicted octanol–water partition coefficient (Wildman–Crippen LogP) is 3.64. The maximum atomic E-state index is 11.6. The molecule has 110 valence electrons. The molecule has 0 aromatic heterocycles. The zero-order valence-electron chi connectivity index (χ0n) is 12.2. The molecule has 1 unspecified atom stereocenters. The minimum Gasteiger partial charge on any atom is -0.325 e. The third-order valence-corrected chi connectivity index (χ3v) is 4.28. The summed E-state index contributed by atoms with van der Waals surface area (Å²) in [6, 6.07) is 8.17. The molecule has 1 N–H and O–H groups in total. The number of likely N-dealkylation sites (tertiary alicyclic amines) is 1. The van der Waals surface area contributed by atoms with Gasteiger partial charge in [-0.3, -0.25) is 9.69 Å². The molecule has 1 aromatic rings. The Morgan fingerprint density at radius 3 is 2.50 bits per heavy atom. The van der Waals surface area contributed by atoms with Gasteiger partial charge in [-0.2, -0.15) is 0 Å². The fraction of sp³-hybridized carbons (Fsp3) is 0.562. The lowest BCUT2D eigenvalue weighted by molar-refractivity contribution is -0.115. The molecule has 1 heterocycles. The first-order valence-corrected chi connectivity index (χ1v) is 8.22. The maximum Gasteiger partial charge on any atom is 0.237 e. The second kappa shape index (κ2) is 7.23. The number of nitrogens with zero attached hydrogens (tertiary/aromatic N) is 1. The van der Waals surface area contributed by atoms with Gasteiger partial charge in [-0.1, -0.05) is 35.0 Å². The van der Waals surface area contributed by atoms with Crippen molar-refractivity contribution in [1.29, 1.82) is 0 Å². The first-order chi connectivity index (χ1) is 9.54. The number of benzene rings is 1. The summed E-state index contributed by atoms with van der Waals surface area (Å²) in [7, 11) is 0. The molecule has 1 aliphatic heterocycles. The van der Waals surface area contributed by atoms with Crippen LogP contribution in [0.25, 0.3) is 0 Å². The van der Waals surface area contributed by atoms with Crippen LogP contribution in [0.2, 0.25) is 0 Å². The van der Waals surface area contributed by atoms with Gasteiger partial charge in [0.15, 0.2) is 0 Å². The molecule has 0 spiro atoms. The van der Waals surface area contributed by atoms with E-state index in [1.807, 2.05) is 19.1 Å². The van der Waals surface area contributed by atoms with Crippen LogP contribution >= 0.6 is 15.9 Å². The number of amides is 1. The molecule has 1 aliphatic rings. The van der Waals surface area contributed by atoms with Crippen LogP contribution in [0.4, 0.5) is 5.69 Å². The molecule has 1 atom stereocenters. The molecule has 4 heteroatoms.